The molecule has 0 bridgehead atoms. The Labute approximate surface area is 111 Å². The van der Waals surface area contributed by atoms with Gasteiger partial charge in [-0.25, -0.2) is 0 Å². The van der Waals surface area contributed by atoms with Crippen LogP contribution in [0.5, 0.6) is 0 Å². The van der Waals surface area contributed by atoms with E-state index < -0.39 is 0 Å². The van der Waals surface area contributed by atoms with Gasteiger partial charge in [0.1, 0.15) is 0 Å². The van der Waals surface area contributed by atoms with Gasteiger partial charge in [0.05, 0.1) is 6.04 Å². The van der Waals surface area contributed by atoms with Crippen molar-refractivity contribution in [2.75, 3.05) is 13.1 Å². The monoisotopic (exact) mass is 255 g/mol. The summed E-state index contributed by atoms with van der Waals surface area (Å²) < 4.78 is 0. The van der Waals surface area contributed by atoms with E-state index in [9.17, 15) is 4.79 Å². The summed E-state index contributed by atoms with van der Waals surface area (Å²) in [5, 5.41) is 6.63. The van der Waals surface area contributed by atoms with Crippen LogP contribution in [0.4, 0.5) is 0 Å². The Morgan fingerprint density at radius 1 is 1.28 bits per heavy atom. The number of rotatable bonds is 5. The first-order chi connectivity index (χ1) is 8.47. The molecule has 1 aliphatic rings. The summed E-state index contributed by atoms with van der Waals surface area (Å²) in [5.74, 6) is 0.171. The largest absolute Gasteiger partial charge is 0.352 e. The highest BCUT2D eigenvalue weighted by Gasteiger charge is 2.28. The van der Waals surface area contributed by atoms with Crippen LogP contribution in [0.25, 0.3) is 0 Å². The maximum absolute atomic E-state index is 12.2. The molecular weight excluding hydrogens is 226 g/mol. The van der Waals surface area contributed by atoms with Gasteiger partial charge < -0.3 is 10.6 Å². The Morgan fingerprint density at radius 3 is 2.22 bits per heavy atom. The quantitative estimate of drug-likeness (QED) is 0.780. The second-order valence-electron chi connectivity index (χ2n) is 5.62. The van der Waals surface area contributed by atoms with Gasteiger partial charge in [-0.3, -0.25) is 9.69 Å². The van der Waals surface area contributed by atoms with Crippen molar-refractivity contribution >= 4 is 5.91 Å². The molecule has 18 heavy (non-hydrogen) atoms. The smallest absolute Gasteiger partial charge is 0.237 e. The lowest BCUT2D eigenvalue weighted by molar-refractivity contribution is -0.127. The number of hydrogen-bond donors (Lipinski definition) is 2. The van der Waals surface area contributed by atoms with Gasteiger partial charge in [-0.05, 0) is 33.6 Å². The van der Waals surface area contributed by atoms with E-state index in [1.54, 1.807) is 0 Å². The van der Waals surface area contributed by atoms with Crippen LogP contribution >= 0.6 is 0 Å². The van der Waals surface area contributed by atoms with Crippen LogP contribution in [0.3, 0.4) is 0 Å². The number of hydrogen-bond acceptors (Lipinski definition) is 3. The van der Waals surface area contributed by atoms with Crippen molar-refractivity contribution in [1.29, 1.82) is 0 Å². The molecule has 0 aromatic carbocycles. The topological polar surface area (TPSA) is 44.4 Å². The second-order valence-corrected chi connectivity index (χ2v) is 5.62. The maximum Gasteiger partial charge on any atom is 0.237 e. The number of nitrogens with one attached hydrogen (secondary N) is 2. The standard InChI is InChI=1S/C14H29N3O/c1-6-13(7-2)16-14(18)12(5)17-8-10(3)15-11(4)9-17/h10-13,15H,6-9H2,1-5H3,(H,16,18). The Hall–Kier alpha value is -0.610. The molecule has 0 aromatic heterocycles. The average molecular weight is 255 g/mol. The Morgan fingerprint density at radius 2 is 1.78 bits per heavy atom. The first kappa shape index (κ1) is 15.4. The fraction of sp³-hybridized carbons (Fsp3) is 0.929. The molecule has 1 fully saturated rings. The molecule has 0 saturated carbocycles. The third-order valence-electron chi connectivity index (χ3n) is 3.84. The van der Waals surface area contributed by atoms with E-state index in [1.165, 1.54) is 0 Å². The zero-order valence-electron chi connectivity index (χ0n) is 12.5. The van der Waals surface area contributed by atoms with Gasteiger partial charge in [0, 0.05) is 31.2 Å². The average Bonchev–Trinajstić information content (AvgIpc) is 2.33. The van der Waals surface area contributed by atoms with Gasteiger partial charge in [0.25, 0.3) is 0 Å². The van der Waals surface area contributed by atoms with E-state index in [2.05, 4.69) is 43.2 Å². The van der Waals surface area contributed by atoms with Crippen LogP contribution in [-0.4, -0.2) is 48.1 Å². The molecule has 3 unspecified atom stereocenters. The lowest BCUT2D eigenvalue weighted by atomic mass is 10.1. The van der Waals surface area contributed by atoms with Crippen LogP contribution in [-0.2, 0) is 4.79 Å². The van der Waals surface area contributed by atoms with Gasteiger partial charge in [0.2, 0.25) is 5.91 Å². The second kappa shape index (κ2) is 7.10. The molecule has 1 rings (SSSR count). The first-order valence-corrected chi connectivity index (χ1v) is 7.28. The van der Waals surface area contributed by atoms with Gasteiger partial charge in [0.15, 0.2) is 0 Å². The van der Waals surface area contributed by atoms with Crippen molar-refractivity contribution in [3.8, 4) is 0 Å². The molecule has 106 valence electrons. The maximum atomic E-state index is 12.2. The molecule has 0 aliphatic carbocycles. The normalized spacial score (nSPS) is 27.2. The summed E-state index contributed by atoms with van der Waals surface area (Å²) >= 11 is 0. The summed E-state index contributed by atoms with van der Waals surface area (Å²) in [6.07, 6.45) is 2.01. The fourth-order valence-electron chi connectivity index (χ4n) is 2.67. The van der Waals surface area contributed by atoms with E-state index in [4.69, 9.17) is 0 Å². The molecule has 3 atom stereocenters. The third-order valence-corrected chi connectivity index (χ3v) is 3.84. The highest BCUT2D eigenvalue weighted by atomic mass is 16.2. The number of nitrogens with zero attached hydrogens (tertiary/aromatic N) is 1. The number of piperazine rings is 1. The summed E-state index contributed by atoms with van der Waals surface area (Å²) in [6, 6.07) is 1.20. The highest BCUT2D eigenvalue weighted by molar-refractivity contribution is 5.81. The third kappa shape index (κ3) is 4.25. The molecule has 1 saturated heterocycles. The van der Waals surface area contributed by atoms with Crippen LogP contribution in [0.15, 0.2) is 0 Å². The molecule has 0 aromatic rings. The minimum absolute atomic E-state index is 0.0300. The number of carbonyl (C=O) groups excluding carboxylic acids is 1. The molecule has 1 aliphatic heterocycles. The van der Waals surface area contributed by atoms with Crippen LogP contribution < -0.4 is 10.6 Å². The van der Waals surface area contributed by atoms with Crippen LogP contribution in [0, 0.1) is 0 Å². The lowest BCUT2D eigenvalue weighted by Crippen LogP contribution is -2.59. The van der Waals surface area contributed by atoms with E-state index in [0.717, 1.165) is 25.9 Å². The lowest BCUT2D eigenvalue weighted by Gasteiger charge is -2.39. The van der Waals surface area contributed by atoms with Crippen molar-refractivity contribution in [2.45, 2.75) is 71.6 Å². The minimum Gasteiger partial charge on any atom is -0.352 e. The van der Waals surface area contributed by atoms with E-state index in [-0.39, 0.29) is 11.9 Å². The van der Waals surface area contributed by atoms with Crippen molar-refractivity contribution in [3.63, 3.8) is 0 Å². The summed E-state index contributed by atoms with van der Waals surface area (Å²) in [4.78, 5) is 14.5. The first-order valence-electron chi connectivity index (χ1n) is 7.28. The predicted octanol–water partition coefficient (Wildman–Crippen LogP) is 1.36. The van der Waals surface area contributed by atoms with E-state index in [0.29, 0.717) is 18.1 Å². The SMILES string of the molecule is CCC(CC)NC(=O)C(C)N1CC(C)NC(C)C1. The van der Waals surface area contributed by atoms with Gasteiger partial charge in [-0.2, -0.15) is 0 Å². The summed E-state index contributed by atoms with van der Waals surface area (Å²) in [7, 11) is 0. The zero-order valence-corrected chi connectivity index (χ0v) is 12.5. The summed E-state index contributed by atoms with van der Waals surface area (Å²) in [6.45, 7) is 12.5. The predicted molar refractivity (Wildman–Crippen MR) is 75.6 cm³/mol. The van der Waals surface area contributed by atoms with E-state index in [1.807, 2.05) is 6.92 Å². The Bertz CT molecular complexity index is 256. The molecular formula is C14H29N3O. The van der Waals surface area contributed by atoms with Gasteiger partial charge >= 0.3 is 0 Å². The number of amides is 1. The van der Waals surface area contributed by atoms with Crippen molar-refractivity contribution < 1.29 is 4.79 Å². The van der Waals surface area contributed by atoms with E-state index >= 15 is 0 Å². The van der Waals surface area contributed by atoms with Crippen LogP contribution in [0.1, 0.15) is 47.5 Å². The van der Waals surface area contributed by atoms with Crippen molar-refractivity contribution in [2.24, 2.45) is 0 Å². The van der Waals surface area contributed by atoms with Gasteiger partial charge in [-0.1, -0.05) is 13.8 Å². The summed E-state index contributed by atoms with van der Waals surface area (Å²) in [5.41, 5.74) is 0. The minimum atomic E-state index is -0.0300. The molecule has 0 radical (unpaired) electrons. The van der Waals surface area contributed by atoms with Crippen LogP contribution in [0.2, 0.25) is 0 Å². The highest BCUT2D eigenvalue weighted by Crippen LogP contribution is 2.09. The van der Waals surface area contributed by atoms with Gasteiger partial charge in [-0.15, -0.1) is 0 Å². The van der Waals surface area contributed by atoms with Crippen molar-refractivity contribution in [1.82, 2.24) is 15.5 Å². The molecule has 1 heterocycles. The van der Waals surface area contributed by atoms with Crippen molar-refractivity contribution in [3.05, 3.63) is 0 Å². The number of carbonyl (C=O) groups is 1. The molecule has 1 amide bonds. The zero-order chi connectivity index (χ0) is 13.7. The Balaban J connectivity index is 2.52. The molecule has 2 N–H and O–H groups in total. The molecule has 4 heteroatoms. The fourth-order valence-corrected chi connectivity index (χ4v) is 2.67. The molecule has 4 nitrogen and oxygen atoms in total. The Kier molecular flexibility index (Phi) is 6.09. The molecule has 0 spiro atoms.